The molecule has 0 radical (unpaired) electrons. The molecule has 2 saturated carbocycles. The second-order valence-electron chi connectivity index (χ2n) is 5.73. The Hall–Kier alpha value is -0.930. The summed E-state index contributed by atoms with van der Waals surface area (Å²) < 4.78 is 13.1. The molecule has 98 valence electrons. The lowest BCUT2D eigenvalue weighted by Crippen LogP contribution is -2.43. The van der Waals surface area contributed by atoms with Gasteiger partial charge in [-0.3, -0.25) is 0 Å². The lowest BCUT2D eigenvalue weighted by molar-refractivity contribution is 0.135. The molecule has 0 spiro atoms. The molecule has 1 aromatic carbocycles. The Bertz CT molecular complexity index is 413. The molecule has 2 aliphatic rings. The van der Waals surface area contributed by atoms with E-state index < -0.39 is 0 Å². The summed E-state index contributed by atoms with van der Waals surface area (Å²) in [6.45, 7) is 0.713. The number of benzene rings is 1. The van der Waals surface area contributed by atoms with Gasteiger partial charge in [-0.1, -0.05) is 12.1 Å². The zero-order valence-corrected chi connectivity index (χ0v) is 10.5. The van der Waals surface area contributed by atoms with Gasteiger partial charge in [0.25, 0.3) is 0 Å². The van der Waals surface area contributed by atoms with Crippen molar-refractivity contribution in [1.82, 2.24) is 5.32 Å². The quantitative estimate of drug-likeness (QED) is 0.840. The molecule has 1 atom stereocenters. The average Bonchev–Trinajstić information content (AvgIpc) is 3.10. The first-order valence-electron chi connectivity index (χ1n) is 6.89. The smallest absolute Gasteiger partial charge is 0.123 e. The van der Waals surface area contributed by atoms with Crippen molar-refractivity contribution in [2.75, 3.05) is 6.54 Å². The van der Waals surface area contributed by atoms with Crippen LogP contribution < -0.4 is 5.32 Å². The molecule has 2 nitrogen and oxygen atoms in total. The minimum absolute atomic E-state index is 0.145. The molecule has 0 heterocycles. The van der Waals surface area contributed by atoms with E-state index >= 15 is 0 Å². The molecular weight excluding hydrogens is 229 g/mol. The molecule has 1 unspecified atom stereocenters. The first-order chi connectivity index (χ1) is 8.72. The topological polar surface area (TPSA) is 32.3 Å². The molecule has 18 heavy (non-hydrogen) atoms. The SMILES string of the molecule is OC(CNC1CC(c2cccc(F)c2)C1)C1CC1. The van der Waals surface area contributed by atoms with E-state index in [1.165, 1.54) is 18.9 Å². The zero-order chi connectivity index (χ0) is 12.5. The molecule has 0 aliphatic heterocycles. The van der Waals surface area contributed by atoms with Gasteiger partial charge in [0.05, 0.1) is 6.10 Å². The summed E-state index contributed by atoms with van der Waals surface area (Å²) in [5.41, 5.74) is 1.11. The molecule has 0 bridgehead atoms. The lowest BCUT2D eigenvalue weighted by Gasteiger charge is -2.37. The van der Waals surface area contributed by atoms with Gasteiger partial charge in [-0.15, -0.1) is 0 Å². The summed E-state index contributed by atoms with van der Waals surface area (Å²) in [4.78, 5) is 0. The zero-order valence-electron chi connectivity index (χ0n) is 10.5. The molecule has 0 amide bonds. The minimum atomic E-state index is -0.168. The van der Waals surface area contributed by atoms with Crippen molar-refractivity contribution in [2.24, 2.45) is 5.92 Å². The molecular formula is C15H20FNO. The first kappa shape index (κ1) is 12.1. The van der Waals surface area contributed by atoms with Gasteiger partial charge in [-0.2, -0.15) is 0 Å². The van der Waals surface area contributed by atoms with Crippen molar-refractivity contribution in [3.8, 4) is 0 Å². The first-order valence-corrected chi connectivity index (χ1v) is 6.89. The number of halogens is 1. The highest BCUT2D eigenvalue weighted by molar-refractivity contribution is 5.23. The van der Waals surface area contributed by atoms with Crippen molar-refractivity contribution >= 4 is 0 Å². The van der Waals surface area contributed by atoms with Crippen LogP contribution in [-0.4, -0.2) is 23.8 Å². The van der Waals surface area contributed by atoms with Gasteiger partial charge in [0.15, 0.2) is 0 Å². The van der Waals surface area contributed by atoms with E-state index in [0.29, 0.717) is 24.4 Å². The molecule has 0 saturated heterocycles. The maximum Gasteiger partial charge on any atom is 0.123 e. The molecule has 3 rings (SSSR count). The van der Waals surface area contributed by atoms with E-state index in [4.69, 9.17) is 0 Å². The van der Waals surface area contributed by atoms with Crippen molar-refractivity contribution < 1.29 is 9.50 Å². The maximum absolute atomic E-state index is 13.1. The molecule has 3 heteroatoms. The van der Waals surface area contributed by atoms with Crippen LogP contribution in [-0.2, 0) is 0 Å². The predicted molar refractivity (Wildman–Crippen MR) is 68.9 cm³/mol. The van der Waals surface area contributed by atoms with Gasteiger partial charge in [-0.25, -0.2) is 4.39 Å². The number of nitrogens with one attached hydrogen (secondary N) is 1. The van der Waals surface area contributed by atoms with Gasteiger partial charge in [-0.05, 0) is 55.2 Å². The number of aliphatic hydroxyl groups excluding tert-OH is 1. The van der Waals surface area contributed by atoms with Gasteiger partial charge in [0, 0.05) is 12.6 Å². The van der Waals surface area contributed by atoms with Crippen molar-refractivity contribution in [3.63, 3.8) is 0 Å². The molecule has 1 aromatic rings. The van der Waals surface area contributed by atoms with Crippen molar-refractivity contribution in [3.05, 3.63) is 35.6 Å². The minimum Gasteiger partial charge on any atom is -0.392 e. The summed E-state index contributed by atoms with van der Waals surface area (Å²) in [5.74, 6) is 0.876. The standard InChI is InChI=1S/C15H20FNO/c16-13-3-1-2-11(6-13)12-7-14(8-12)17-9-15(18)10-4-5-10/h1-3,6,10,12,14-15,17-18H,4-5,7-9H2. The van der Waals surface area contributed by atoms with Crippen LogP contribution in [0.25, 0.3) is 0 Å². The van der Waals surface area contributed by atoms with Crippen molar-refractivity contribution in [2.45, 2.75) is 43.7 Å². The highest BCUT2D eigenvalue weighted by Crippen LogP contribution is 2.37. The highest BCUT2D eigenvalue weighted by atomic mass is 19.1. The normalized spacial score (nSPS) is 28.8. The van der Waals surface area contributed by atoms with E-state index in [0.717, 1.165) is 18.4 Å². The molecule has 2 N–H and O–H groups in total. The highest BCUT2D eigenvalue weighted by Gasteiger charge is 2.33. The summed E-state index contributed by atoms with van der Waals surface area (Å²) in [6, 6.07) is 7.40. The summed E-state index contributed by atoms with van der Waals surface area (Å²) in [6.07, 6.45) is 4.30. The van der Waals surface area contributed by atoms with Crippen LogP contribution in [0.3, 0.4) is 0 Å². The summed E-state index contributed by atoms with van der Waals surface area (Å²) in [5, 5.41) is 13.2. The fourth-order valence-electron chi connectivity index (χ4n) is 2.75. The van der Waals surface area contributed by atoms with Gasteiger partial charge >= 0.3 is 0 Å². The van der Waals surface area contributed by atoms with Crippen LogP contribution in [0, 0.1) is 11.7 Å². The maximum atomic E-state index is 13.1. The summed E-state index contributed by atoms with van der Waals surface area (Å²) >= 11 is 0. The fraction of sp³-hybridized carbons (Fsp3) is 0.600. The largest absolute Gasteiger partial charge is 0.392 e. The third-order valence-electron chi connectivity index (χ3n) is 4.24. The van der Waals surface area contributed by atoms with E-state index in [2.05, 4.69) is 5.32 Å². The molecule has 0 aromatic heterocycles. The van der Waals surface area contributed by atoms with Crippen molar-refractivity contribution in [1.29, 1.82) is 0 Å². The van der Waals surface area contributed by atoms with Gasteiger partial charge in [0.2, 0.25) is 0 Å². The third-order valence-corrected chi connectivity index (χ3v) is 4.24. The van der Waals surface area contributed by atoms with Gasteiger partial charge in [0.1, 0.15) is 5.82 Å². The van der Waals surface area contributed by atoms with Gasteiger partial charge < -0.3 is 10.4 Å². The average molecular weight is 249 g/mol. The van der Waals surface area contributed by atoms with Crippen LogP contribution >= 0.6 is 0 Å². The van der Waals surface area contributed by atoms with Crippen LogP contribution in [0.2, 0.25) is 0 Å². The second kappa shape index (κ2) is 4.98. The van der Waals surface area contributed by atoms with Crippen LogP contribution in [0.5, 0.6) is 0 Å². The fourth-order valence-corrected chi connectivity index (χ4v) is 2.75. The number of hydrogen-bond donors (Lipinski definition) is 2. The van der Waals surface area contributed by atoms with Crippen LogP contribution in [0.1, 0.15) is 37.2 Å². The Morgan fingerprint density at radius 3 is 2.78 bits per heavy atom. The third kappa shape index (κ3) is 2.73. The molecule has 2 aliphatic carbocycles. The Labute approximate surface area is 107 Å². The monoisotopic (exact) mass is 249 g/mol. The number of aliphatic hydroxyl groups is 1. The predicted octanol–water partition coefficient (Wildman–Crippen LogP) is 2.43. The van der Waals surface area contributed by atoms with E-state index in [1.807, 2.05) is 6.07 Å². The van der Waals surface area contributed by atoms with E-state index in [-0.39, 0.29) is 11.9 Å². The Kier molecular flexibility index (Phi) is 3.35. The van der Waals surface area contributed by atoms with Crippen LogP contribution in [0.4, 0.5) is 4.39 Å². The Morgan fingerprint density at radius 1 is 1.33 bits per heavy atom. The molecule has 2 fully saturated rings. The van der Waals surface area contributed by atoms with E-state index in [9.17, 15) is 9.50 Å². The van der Waals surface area contributed by atoms with E-state index in [1.54, 1.807) is 12.1 Å². The van der Waals surface area contributed by atoms with Crippen LogP contribution in [0.15, 0.2) is 24.3 Å². The Balaban J connectivity index is 1.42. The number of rotatable bonds is 5. The number of hydrogen-bond acceptors (Lipinski definition) is 2. The Morgan fingerprint density at radius 2 is 2.11 bits per heavy atom. The summed E-state index contributed by atoms with van der Waals surface area (Å²) in [7, 11) is 0. The lowest BCUT2D eigenvalue weighted by atomic mass is 9.76. The second-order valence-corrected chi connectivity index (χ2v) is 5.73.